The second-order valence-electron chi connectivity index (χ2n) is 6.27. The van der Waals surface area contributed by atoms with E-state index in [1.807, 2.05) is 67.6 Å². The number of benzene rings is 2. The molecule has 0 fully saturated rings. The summed E-state index contributed by atoms with van der Waals surface area (Å²) in [6.07, 6.45) is 0.809. The number of hydrogen-bond acceptors (Lipinski definition) is 3. The van der Waals surface area contributed by atoms with Gasteiger partial charge in [0.2, 0.25) is 11.8 Å². The van der Waals surface area contributed by atoms with E-state index in [1.54, 1.807) is 19.0 Å². The molecule has 0 aliphatic heterocycles. The number of nitrogens with zero attached hydrogens (tertiary/aromatic N) is 2. The molecule has 2 aromatic carbocycles. The quantitative estimate of drug-likeness (QED) is 0.663. The minimum atomic E-state index is -0.375. The van der Waals surface area contributed by atoms with E-state index in [4.69, 9.17) is 0 Å². The van der Waals surface area contributed by atoms with Gasteiger partial charge in [-0.1, -0.05) is 55.5 Å². The van der Waals surface area contributed by atoms with Crippen LogP contribution in [0, 0.1) is 0 Å². The van der Waals surface area contributed by atoms with Gasteiger partial charge >= 0.3 is 0 Å². The average Bonchev–Trinajstić information content (AvgIpc) is 2.66. The summed E-state index contributed by atoms with van der Waals surface area (Å²) in [6.45, 7) is 2.69. The van der Waals surface area contributed by atoms with Crippen LogP contribution in [0.25, 0.3) is 0 Å². The highest BCUT2D eigenvalue weighted by atomic mass is 32.2. The number of carbonyl (C=O) groups is 2. The van der Waals surface area contributed by atoms with E-state index in [1.165, 1.54) is 16.7 Å². The molecule has 4 nitrogen and oxygen atoms in total. The first kappa shape index (κ1) is 20.0. The summed E-state index contributed by atoms with van der Waals surface area (Å²) in [7, 11) is 3.43. The monoisotopic (exact) mass is 370 g/mol. The third-order valence-electron chi connectivity index (χ3n) is 3.95. The standard InChI is InChI=1S/C21H26N2O2S/c1-4-15-23(16-19(24)22(2)3)21(25)20(17-11-7-5-8-12-17)26-18-13-9-6-10-14-18/h5-14,20H,4,15-16H2,1-3H3. The predicted molar refractivity (Wildman–Crippen MR) is 107 cm³/mol. The van der Waals surface area contributed by atoms with Crippen molar-refractivity contribution in [3.63, 3.8) is 0 Å². The van der Waals surface area contributed by atoms with Crippen LogP contribution in [0.3, 0.4) is 0 Å². The molecule has 2 amide bonds. The van der Waals surface area contributed by atoms with Gasteiger partial charge in [0.1, 0.15) is 5.25 Å². The summed E-state index contributed by atoms with van der Waals surface area (Å²) >= 11 is 1.52. The first-order valence-corrected chi connectivity index (χ1v) is 9.66. The highest BCUT2D eigenvalue weighted by molar-refractivity contribution is 8.00. The molecule has 2 aromatic rings. The molecule has 0 bridgehead atoms. The van der Waals surface area contributed by atoms with Crippen molar-refractivity contribution in [3.05, 3.63) is 66.2 Å². The minimum Gasteiger partial charge on any atom is -0.347 e. The smallest absolute Gasteiger partial charge is 0.241 e. The lowest BCUT2D eigenvalue weighted by molar-refractivity contribution is -0.139. The maximum atomic E-state index is 13.3. The number of likely N-dealkylation sites (N-methyl/N-ethyl adjacent to an activating group) is 1. The van der Waals surface area contributed by atoms with Gasteiger partial charge in [-0.25, -0.2) is 0 Å². The molecule has 0 N–H and O–H groups in total. The zero-order valence-corrected chi connectivity index (χ0v) is 16.4. The molecule has 2 rings (SSSR count). The summed E-state index contributed by atoms with van der Waals surface area (Å²) in [5.41, 5.74) is 0.949. The van der Waals surface area contributed by atoms with Crippen LogP contribution >= 0.6 is 11.8 Å². The number of carbonyl (C=O) groups excluding carboxylic acids is 2. The molecule has 1 atom stereocenters. The summed E-state index contributed by atoms with van der Waals surface area (Å²) in [4.78, 5) is 29.7. The fourth-order valence-corrected chi connectivity index (χ4v) is 3.66. The number of rotatable bonds is 8. The zero-order chi connectivity index (χ0) is 18.9. The van der Waals surface area contributed by atoms with E-state index >= 15 is 0 Å². The Labute approximate surface area is 160 Å². The van der Waals surface area contributed by atoms with E-state index in [-0.39, 0.29) is 23.6 Å². The largest absolute Gasteiger partial charge is 0.347 e. The fraction of sp³-hybridized carbons (Fsp3) is 0.333. The third-order valence-corrected chi connectivity index (χ3v) is 5.21. The number of thioether (sulfide) groups is 1. The molecule has 0 heterocycles. The molecule has 0 saturated heterocycles. The lowest BCUT2D eigenvalue weighted by atomic mass is 10.1. The predicted octanol–water partition coefficient (Wildman–Crippen LogP) is 3.85. The van der Waals surface area contributed by atoms with Crippen LogP contribution in [0.15, 0.2) is 65.6 Å². The first-order valence-electron chi connectivity index (χ1n) is 8.78. The van der Waals surface area contributed by atoms with Crippen LogP contribution in [0.2, 0.25) is 0 Å². The maximum absolute atomic E-state index is 13.3. The van der Waals surface area contributed by atoms with Gasteiger partial charge in [0.25, 0.3) is 0 Å². The second kappa shape index (κ2) is 10.0. The molecule has 0 aliphatic rings. The van der Waals surface area contributed by atoms with Gasteiger partial charge in [-0.05, 0) is 24.1 Å². The molecule has 0 radical (unpaired) electrons. The third kappa shape index (κ3) is 5.63. The molecule has 26 heavy (non-hydrogen) atoms. The molecule has 0 spiro atoms. The Bertz CT molecular complexity index is 704. The van der Waals surface area contributed by atoms with E-state index in [9.17, 15) is 9.59 Å². The zero-order valence-electron chi connectivity index (χ0n) is 15.6. The summed E-state index contributed by atoms with van der Waals surface area (Å²) in [6, 6.07) is 19.7. The van der Waals surface area contributed by atoms with Crippen molar-refractivity contribution in [2.24, 2.45) is 0 Å². The summed E-state index contributed by atoms with van der Waals surface area (Å²) in [5.74, 6) is -0.0922. The van der Waals surface area contributed by atoms with Gasteiger partial charge in [0, 0.05) is 25.5 Å². The van der Waals surface area contributed by atoms with Crippen molar-refractivity contribution in [1.29, 1.82) is 0 Å². The van der Waals surface area contributed by atoms with Gasteiger partial charge in [-0.15, -0.1) is 11.8 Å². The molecular formula is C21H26N2O2S. The average molecular weight is 371 g/mol. The lowest BCUT2D eigenvalue weighted by Crippen LogP contribution is -2.42. The Morgan fingerprint density at radius 1 is 0.962 bits per heavy atom. The van der Waals surface area contributed by atoms with Crippen molar-refractivity contribution in [3.8, 4) is 0 Å². The van der Waals surface area contributed by atoms with Crippen LogP contribution in [0.5, 0.6) is 0 Å². The van der Waals surface area contributed by atoms with Gasteiger partial charge in [-0.3, -0.25) is 9.59 Å². The van der Waals surface area contributed by atoms with Crippen molar-refractivity contribution >= 4 is 23.6 Å². The van der Waals surface area contributed by atoms with E-state index in [2.05, 4.69) is 0 Å². The highest BCUT2D eigenvalue weighted by Crippen LogP contribution is 2.36. The molecule has 0 aliphatic carbocycles. The SMILES string of the molecule is CCCN(CC(=O)N(C)C)C(=O)C(Sc1ccccc1)c1ccccc1. The van der Waals surface area contributed by atoms with Crippen molar-refractivity contribution < 1.29 is 9.59 Å². The molecule has 1 unspecified atom stereocenters. The Hall–Kier alpha value is -2.27. The Balaban J connectivity index is 2.29. The van der Waals surface area contributed by atoms with Crippen LogP contribution in [0.1, 0.15) is 24.2 Å². The van der Waals surface area contributed by atoms with E-state index in [0.717, 1.165) is 16.9 Å². The molecule has 0 aromatic heterocycles. The minimum absolute atomic E-state index is 0.0258. The summed E-state index contributed by atoms with van der Waals surface area (Å²) < 4.78 is 0. The Morgan fingerprint density at radius 3 is 2.08 bits per heavy atom. The molecule has 5 heteroatoms. The van der Waals surface area contributed by atoms with Crippen LogP contribution in [-0.4, -0.2) is 48.8 Å². The van der Waals surface area contributed by atoms with Crippen LogP contribution in [0.4, 0.5) is 0 Å². The molecule has 0 saturated carbocycles. The first-order chi connectivity index (χ1) is 12.5. The second-order valence-corrected chi connectivity index (χ2v) is 7.45. The van der Waals surface area contributed by atoms with Crippen molar-refractivity contribution in [2.75, 3.05) is 27.2 Å². The molecular weight excluding hydrogens is 344 g/mol. The van der Waals surface area contributed by atoms with Gasteiger partial charge in [0.15, 0.2) is 0 Å². The lowest BCUT2D eigenvalue weighted by Gasteiger charge is -2.27. The van der Waals surface area contributed by atoms with Gasteiger partial charge < -0.3 is 9.80 Å². The summed E-state index contributed by atoms with van der Waals surface area (Å²) in [5, 5.41) is -0.375. The van der Waals surface area contributed by atoms with Gasteiger partial charge in [0.05, 0.1) is 6.54 Å². The Morgan fingerprint density at radius 2 is 1.54 bits per heavy atom. The van der Waals surface area contributed by atoms with Crippen LogP contribution in [-0.2, 0) is 9.59 Å². The van der Waals surface area contributed by atoms with E-state index in [0.29, 0.717) is 6.54 Å². The van der Waals surface area contributed by atoms with Crippen molar-refractivity contribution in [1.82, 2.24) is 9.80 Å². The highest BCUT2D eigenvalue weighted by Gasteiger charge is 2.28. The number of amides is 2. The van der Waals surface area contributed by atoms with Gasteiger partial charge in [-0.2, -0.15) is 0 Å². The fourth-order valence-electron chi connectivity index (χ4n) is 2.53. The maximum Gasteiger partial charge on any atom is 0.241 e. The van der Waals surface area contributed by atoms with E-state index < -0.39 is 0 Å². The number of hydrogen-bond donors (Lipinski definition) is 0. The van der Waals surface area contributed by atoms with Crippen LogP contribution < -0.4 is 0 Å². The Kier molecular flexibility index (Phi) is 7.73. The molecule has 138 valence electrons. The van der Waals surface area contributed by atoms with Crippen molar-refractivity contribution in [2.45, 2.75) is 23.5 Å². The normalized spacial score (nSPS) is 11.7. The topological polar surface area (TPSA) is 40.6 Å².